The Balaban J connectivity index is 1.40. The summed E-state index contributed by atoms with van der Waals surface area (Å²) >= 11 is 0. The van der Waals surface area contributed by atoms with Crippen LogP contribution in [0.25, 0.3) is 0 Å². The second-order valence-corrected chi connectivity index (χ2v) is 6.76. The number of amides is 1. The van der Waals surface area contributed by atoms with Gasteiger partial charge in [-0.25, -0.2) is 0 Å². The van der Waals surface area contributed by atoms with Crippen LogP contribution in [0.5, 0.6) is 0 Å². The molecule has 3 aliphatic rings. The third kappa shape index (κ3) is 3.76. The van der Waals surface area contributed by atoms with Crippen molar-refractivity contribution in [2.24, 2.45) is 0 Å². The van der Waals surface area contributed by atoms with Gasteiger partial charge in [0.1, 0.15) is 0 Å². The standard InChI is InChI=1S/C16H29N3O2/c1-13(16(20)18-7-3-2-4-8-18)17-10-15-11-19-9-5-6-14(19)12-21-15/h13-15,17H,2-12H2,1H3. The van der Waals surface area contributed by atoms with Crippen LogP contribution in [0.15, 0.2) is 0 Å². The van der Waals surface area contributed by atoms with E-state index in [1.165, 1.54) is 25.8 Å². The number of morpholine rings is 1. The average molecular weight is 295 g/mol. The van der Waals surface area contributed by atoms with Crippen LogP contribution < -0.4 is 5.32 Å². The zero-order valence-corrected chi connectivity index (χ0v) is 13.2. The van der Waals surface area contributed by atoms with Gasteiger partial charge < -0.3 is 15.0 Å². The van der Waals surface area contributed by atoms with Gasteiger partial charge in [0.25, 0.3) is 0 Å². The molecule has 3 heterocycles. The van der Waals surface area contributed by atoms with E-state index in [1.807, 2.05) is 11.8 Å². The molecule has 3 saturated heterocycles. The average Bonchev–Trinajstić information content (AvgIpc) is 3.00. The first kappa shape index (κ1) is 15.3. The molecule has 1 N–H and O–H groups in total. The molecule has 0 radical (unpaired) electrons. The molecule has 1 amide bonds. The van der Waals surface area contributed by atoms with E-state index >= 15 is 0 Å². The SMILES string of the molecule is CC(NCC1CN2CCCC2CO1)C(=O)N1CCCCC1. The summed E-state index contributed by atoms with van der Waals surface area (Å²) in [4.78, 5) is 16.9. The Morgan fingerprint density at radius 1 is 1.24 bits per heavy atom. The smallest absolute Gasteiger partial charge is 0.239 e. The summed E-state index contributed by atoms with van der Waals surface area (Å²) in [7, 11) is 0. The minimum Gasteiger partial charge on any atom is -0.374 e. The van der Waals surface area contributed by atoms with Crippen molar-refractivity contribution in [1.29, 1.82) is 0 Å². The highest BCUT2D eigenvalue weighted by atomic mass is 16.5. The Kier molecular flexibility index (Phi) is 5.14. The van der Waals surface area contributed by atoms with E-state index in [9.17, 15) is 4.79 Å². The molecular formula is C16H29N3O2. The number of ether oxygens (including phenoxy) is 1. The number of likely N-dealkylation sites (tertiary alicyclic amines) is 1. The Bertz CT molecular complexity index is 357. The number of nitrogens with zero attached hydrogens (tertiary/aromatic N) is 2. The summed E-state index contributed by atoms with van der Waals surface area (Å²) in [6.45, 7) is 7.72. The quantitative estimate of drug-likeness (QED) is 0.835. The Morgan fingerprint density at radius 3 is 2.86 bits per heavy atom. The van der Waals surface area contributed by atoms with Gasteiger partial charge in [0.2, 0.25) is 5.91 Å². The summed E-state index contributed by atoms with van der Waals surface area (Å²) in [6.07, 6.45) is 6.39. The summed E-state index contributed by atoms with van der Waals surface area (Å²) in [5.74, 6) is 0.254. The predicted molar refractivity (Wildman–Crippen MR) is 82.2 cm³/mol. The van der Waals surface area contributed by atoms with Gasteiger partial charge in [0.15, 0.2) is 0 Å². The van der Waals surface area contributed by atoms with Gasteiger partial charge in [0, 0.05) is 32.2 Å². The lowest BCUT2D eigenvalue weighted by atomic mass is 10.1. The fraction of sp³-hybridized carbons (Fsp3) is 0.938. The first-order valence-electron chi connectivity index (χ1n) is 8.62. The zero-order chi connectivity index (χ0) is 14.7. The van der Waals surface area contributed by atoms with Crippen molar-refractivity contribution in [3.63, 3.8) is 0 Å². The van der Waals surface area contributed by atoms with Crippen LogP contribution in [0.2, 0.25) is 0 Å². The molecule has 3 rings (SSSR count). The lowest BCUT2D eigenvalue weighted by Crippen LogP contribution is -2.53. The largest absolute Gasteiger partial charge is 0.374 e. The van der Waals surface area contributed by atoms with Gasteiger partial charge in [-0.15, -0.1) is 0 Å². The van der Waals surface area contributed by atoms with Crippen LogP contribution in [-0.4, -0.2) is 73.2 Å². The maximum absolute atomic E-state index is 12.4. The number of hydrogen-bond acceptors (Lipinski definition) is 4. The number of carbonyl (C=O) groups is 1. The Morgan fingerprint density at radius 2 is 2.05 bits per heavy atom. The van der Waals surface area contributed by atoms with Crippen molar-refractivity contribution in [3.8, 4) is 0 Å². The third-order valence-electron chi connectivity index (χ3n) is 5.15. The molecule has 3 fully saturated rings. The molecule has 0 saturated carbocycles. The van der Waals surface area contributed by atoms with Crippen LogP contribution in [0.3, 0.4) is 0 Å². The molecule has 5 nitrogen and oxygen atoms in total. The minimum absolute atomic E-state index is 0.0944. The highest BCUT2D eigenvalue weighted by molar-refractivity contribution is 5.81. The van der Waals surface area contributed by atoms with Gasteiger partial charge in [0.05, 0.1) is 18.8 Å². The van der Waals surface area contributed by atoms with Crippen molar-refractivity contribution in [3.05, 3.63) is 0 Å². The van der Waals surface area contributed by atoms with Crippen molar-refractivity contribution < 1.29 is 9.53 Å². The number of piperidine rings is 1. The van der Waals surface area contributed by atoms with Crippen LogP contribution in [-0.2, 0) is 9.53 Å². The van der Waals surface area contributed by atoms with E-state index in [0.717, 1.165) is 45.6 Å². The van der Waals surface area contributed by atoms with Gasteiger partial charge in [-0.3, -0.25) is 9.69 Å². The van der Waals surface area contributed by atoms with Crippen molar-refractivity contribution in [2.45, 2.75) is 57.2 Å². The molecule has 0 spiro atoms. The Labute approximate surface area is 128 Å². The second-order valence-electron chi connectivity index (χ2n) is 6.76. The lowest BCUT2D eigenvalue weighted by Gasteiger charge is -2.36. The van der Waals surface area contributed by atoms with Crippen molar-refractivity contribution in [2.75, 3.05) is 39.3 Å². The fourth-order valence-corrected chi connectivity index (χ4v) is 3.79. The normalized spacial score (nSPS) is 32.0. The van der Waals surface area contributed by atoms with Gasteiger partial charge >= 0.3 is 0 Å². The maximum atomic E-state index is 12.4. The maximum Gasteiger partial charge on any atom is 0.239 e. The molecule has 0 aromatic rings. The molecule has 120 valence electrons. The summed E-state index contributed by atoms with van der Waals surface area (Å²) < 4.78 is 5.94. The van der Waals surface area contributed by atoms with E-state index in [2.05, 4.69) is 10.2 Å². The van der Waals surface area contributed by atoms with E-state index in [-0.39, 0.29) is 18.1 Å². The molecule has 5 heteroatoms. The van der Waals surface area contributed by atoms with Crippen molar-refractivity contribution >= 4 is 5.91 Å². The van der Waals surface area contributed by atoms with Crippen LogP contribution in [0, 0.1) is 0 Å². The molecule has 0 bridgehead atoms. The minimum atomic E-state index is -0.0944. The molecule has 3 atom stereocenters. The van der Waals surface area contributed by atoms with E-state index in [0.29, 0.717) is 6.04 Å². The second kappa shape index (κ2) is 7.07. The number of hydrogen-bond donors (Lipinski definition) is 1. The van der Waals surface area contributed by atoms with Crippen LogP contribution in [0.4, 0.5) is 0 Å². The zero-order valence-electron chi connectivity index (χ0n) is 13.2. The molecular weight excluding hydrogens is 266 g/mol. The van der Waals surface area contributed by atoms with Gasteiger partial charge in [-0.1, -0.05) is 0 Å². The predicted octanol–water partition coefficient (Wildman–Crippen LogP) is 0.840. The Hall–Kier alpha value is -0.650. The summed E-state index contributed by atoms with van der Waals surface area (Å²) in [5.41, 5.74) is 0. The van der Waals surface area contributed by atoms with Crippen LogP contribution in [0.1, 0.15) is 39.0 Å². The van der Waals surface area contributed by atoms with E-state index in [1.54, 1.807) is 0 Å². The van der Waals surface area contributed by atoms with E-state index in [4.69, 9.17) is 4.74 Å². The fourth-order valence-electron chi connectivity index (χ4n) is 3.79. The number of fused-ring (bicyclic) bond motifs is 1. The van der Waals surface area contributed by atoms with Gasteiger partial charge in [-0.05, 0) is 45.6 Å². The molecule has 21 heavy (non-hydrogen) atoms. The monoisotopic (exact) mass is 295 g/mol. The first-order chi connectivity index (χ1) is 10.2. The summed E-state index contributed by atoms with van der Waals surface area (Å²) in [5, 5.41) is 3.39. The van der Waals surface area contributed by atoms with Gasteiger partial charge in [-0.2, -0.15) is 0 Å². The van der Waals surface area contributed by atoms with Crippen LogP contribution >= 0.6 is 0 Å². The number of rotatable bonds is 4. The molecule has 3 unspecified atom stereocenters. The lowest BCUT2D eigenvalue weighted by molar-refractivity contribution is -0.134. The molecule has 0 aliphatic carbocycles. The highest BCUT2D eigenvalue weighted by Crippen LogP contribution is 2.22. The number of carbonyl (C=O) groups excluding carboxylic acids is 1. The van der Waals surface area contributed by atoms with Crippen molar-refractivity contribution in [1.82, 2.24) is 15.1 Å². The number of nitrogens with one attached hydrogen (secondary N) is 1. The molecule has 0 aromatic carbocycles. The molecule has 0 aromatic heterocycles. The summed E-state index contributed by atoms with van der Waals surface area (Å²) in [6, 6.07) is 0.552. The molecule has 3 aliphatic heterocycles. The first-order valence-corrected chi connectivity index (χ1v) is 8.62. The highest BCUT2D eigenvalue weighted by Gasteiger charge is 2.32. The topological polar surface area (TPSA) is 44.8 Å². The third-order valence-corrected chi connectivity index (χ3v) is 5.15. The van der Waals surface area contributed by atoms with E-state index < -0.39 is 0 Å².